The van der Waals surface area contributed by atoms with Gasteiger partial charge in [0.05, 0.1) is 13.2 Å². The Hall–Kier alpha value is -1.02. The van der Waals surface area contributed by atoms with Crippen molar-refractivity contribution < 1.29 is 22.7 Å². The van der Waals surface area contributed by atoms with Crippen LogP contribution in [0.15, 0.2) is 23.1 Å². The normalized spacial score (nSPS) is 12.0. The Labute approximate surface area is 125 Å². The minimum Gasteiger partial charge on any atom is -0.392 e. The topological polar surface area (TPSA) is 75.6 Å². The fraction of sp³-hybridized carbons (Fsp3) is 0.571. The number of benzene rings is 1. The molecule has 0 aliphatic rings. The molecule has 1 aromatic rings. The van der Waals surface area contributed by atoms with Gasteiger partial charge in [-0.2, -0.15) is 0 Å². The van der Waals surface area contributed by atoms with Crippen molar-refractivity contribution in [1.82, 2.24) is 4.72 Å². The first-order valence-corrected chi connectivity index (χ1v) is 8.32. The van der Waals surface area contributed by atoms with E-state index in [9.17, 15) is 12.8 Å². The zero-order chi connectivity index (χ0) is 15.9. The third kappa shape index (κ3) is 6.09. The second kappa shape index (κ2) is 8.43. The van der Waals surface area contributed by atoms with Crippen molar-refractivity contribution in [3.63, 3.8) is 0 Å². The summed E-state index contributed by atoms with van der Waals surface area (Å²) in [4.78, 5) is -0.462. The van der Waals surface area contributed by atoms with Crippen LogP contribution in [0.25, 0.3) is 0 Å². The molecule has 0 saturated heterocycles. The Morgan fingerprint density at radius 2 is 2.05 bits per heavy atom. The molecule has 0 spiro atoms. The van der Waals surface area contributed by atoms with E-state index >= 15 is 0 Å². The van der Waals surface area contributed by atoms with Crippen molar-refractivity contribution in [2.24, 2.45) is 5.92 Å². The number of sulfonamides is 1. The summed E-state index contributed by atoms with van der Waals surface area (Å²) in [5.74, 6) is -0.322. The van der Waals surface area contributed by atoms with E-state index in [-0.39, 0.29) is 19.8 Å². The molecule has 0 amide bonds. The molecule has 0 bridgehead atoms. The summed E-state index contributed by atoms with van der Waals surface area (Å²) in [6.07, 6.45) is 0.903. The summed E-state index contributed by atoms with van der Waals surface area (Å²) < 4.78 is 45.1. The molecule has 1 rings (SSSR count). The van der Waals surface area contributed by atoms with Gasteiger partial charge in [0.1, 0.15) is 10.7 Å². The Morgan fingerprint density at radius 3 is 2.67 bits per heavy atom. The smallest absolute Gasteiger partial charge is 0.243 e. The van der Waals surface area contributed by atoms with Crippen molar-refractivity contribution in [3.05, 3.63) is 29.6 Å². The molecule has 0 heterocycles. The first kappa shape index (κ1) is 18.0. The number of hydrogen-bond acceptors (Lipinski definition) is 4. The largest absolute Gasteiger partial charge is 0.392 e. The van der Waals surface area contributed by atoms with Crippen molar-refractivity contribution in [3.8, 4) is 0 Å². The van der Waals surface area contributed by atoms with Crippen LogP contribution in [0.2, 0.25) is 0 Å². The van der Waals surface area contributed by atoms with Gasteiger partial charge >= 0.3 is 0 Å². The molecular weight excluding hydrogens is 297 g/mol. The standard InChI is InChI=1S/C14H22FNO4S/c1-11(2)5-7-20-8-6-16-21(18,19)14-9-12(10-17)3-4-13(14)15/h3-4,9,11,16-17H,5-8,10H2,1-2H3. The van der Waals surface area contributed by atoms with Crippen molar-refractivity contribution in [1.29, 1.82) is 0 Å². The van der Waals surface area contributed by atoms with Gasteiger partial charge in [-0.25, -0.2) is 17.5 Å². The van der Waals surface area contributed by atoms with Crippen LogP contribution in [-0.2, 0) is 21.4 Å². The molecule has 7 heteroatoms. The SMILES string of the molecule is CC(C)CCOCCNS(=O)(=O)c1cc(CO)ccc1F. The number of rotatable bonds is 9. The van der Waals surface area contributed by atoms with E-state index in [0.29, 0.717) is 18.1 Å². The number of aliphatic hydroxyl groups is 1. The highest BCUT2D eigenvalue weighted by Crippen LogP contribution is 2.16. The average Bonchev–Trinajstić information content (AvgIpc) is 2.42. The first-order valence-electron chi connectivity index (χ1n) is 6.83. The molecule has 5 nitrogen and oxygen atoms in total. The van der Waals surface area contributed by atoms with Gasteiger partial charge in [0.15, 0.2) is 0 Å². The summed E-state index contributed by atoms with van der Waals surface area (Å²) in [5, 5.41) is 8.98. The van der Waals surface area contributed by atoms with E-state index in [0.717, 1.165) is 18.6 Å². The number of aliphatic hydroxyl groups excluding tert-OH is 1. The van der Waals surface area contributed by atoms with Crippen LogP contribution in [-0.4, -0.2) is 33.3 Å². The second-order valence-corrected chi connectivity index (χ2v) is 6.85. The Bertz CT molecular complexity index is 546. The molecular formula is C14H22FNO4S. The Morgan fingerprint density at radius 1 is 1.33 bits per heavy atom. The lowest BCUT2D eigenvalue weighted by molar-refractivity contribution is 0.128. The molecule has 1 aromatic carbocycles. The molecule has 0 unspecified atom stereocenters. The first-order chi connectivity index (χ1) is 9.86. The van der Waals surface area contributed by atoms with E-state index < -0.39 is 20.7 Å². The molecule has 0 aliphatic heterocycles. The maximum atomic E-state index is 13.6. The second-order valence-electron chi connectivity index (χ2n) is 5.12. The van der Waals surface area contributed by atoms with Gasteiger partial charge in [-0.15, -0.1) is 0 Å². The van der Waals surface area contributed by atoms with E-state index in [1.165, 1.54) is 6.07 Å². The summed E-state index contributed by atoms with van der Waals surface area (Å²) in [6, 6.07) is 3.49. The number of halogens is 1. The van der Waals surface area contributed by atoms with Gasteiger partial charge < -0.3 is 9.84 Å². The third-order valence-corrected chi connectivity index (χ3v) is 4.32. The maximum absolute atomic E-state index is 13.6. The third-order valence-electron chi connectivity index (χ3n) is 2.85. The van der Waals surface area contributed by atoms with Gasteiger partial charge in [-0.05, 0) is 30.0 Å². The highest BCUT2D eigenvalue weighted by Gasteiger charge is 2.19. The quantitative estimate of drug-likeness (QED) is 0.679. The van der Waals surface area contributed by atoms with E-state index in [1.807, 2.05) is 0 Å². The van der Waals surface area contributed by atoms with Crippen LogP contribution >= 0.6 is 0 Å². The van der Waals surface area contributed by atoms with Crippen LogP contribution in [0.3, 0.4) is 0 Å². The molecule has 2 N–H and O–H groups in total. The Kier molecular flexibility index (Phi) is 7.24. The predicted molar refractivity (Wildman–Crippen MR) is 77.8 cm³/mol. The van der Waals surface area contributed by atoms with Gasteiger partial charge in [0.25, 0.3) is 0 Å². The fourth-order valence-electron chi connectivity index (χ4n) is 1.60. The molecule has 0 aliphatic carbocycles. The molecule has 0 saturated carbocycles. The van der Waals surface area contributed by atoms with Crippen molar-refractivity contribution in [2.75, 3.05) is 19.8 Å². The van der Waals surface area contributed by atoms with Crippen LogP contribution in [0.4, 0.5) is 4.39 Å². The minimum atomic E-state index is -3.94. The van der Waals surface area contributed by atoms with Crippen molar-refractivity contribution in [2.45, 2.75) is 31.8 Å². The average molecular weight is 319 g/mol. The molecule has 0 aromatic heterocycles. The van der Waals surface area contributed by atoms with E-state index in [4.69, 9.17) is 9.84 Å². The zero-order valence-corrected chi connectivity index (χ0v) is 13.1. The van der Waals surface area contributed by atoms with Gasteiger partial charge in [0.2, 0.25) is 10.0 Å². The van der Waals surface area contributed by atoms with E-state index in [2.05, 4.69) is 18.6 Å². The highest BCUT2D eigenvalue weighted by molar-refractivity contribution is 7.89. The molecule has 0 atom stereocenters. The Balaban J connectivity index is 2.54. The minimum absolute atomic E-state index is 0.0726. The zero-order valence-electron chi connectivity index (χ0n) is 12.3. The summed E-state index contributed by atoms with van der Waals surface area (Å²) >= 11 is 0. The number of hydrogen-bond donors (Lipinski definition) is 2. The predicted octanol–water partition coefficient (Wildman–Crippen LogP) is 1.66. The van der Waals surface area contributed by atoms with Crippen molar-refractivity contribution >= 4 is 10.0 Å². The summed E-state index contributed by atoms with van der Waals surface area (Å²) in [7, 11) is -3.94. The van der Waals surface area contributed by atoms with Gasteiger partial charge in [0, 0.05) is 13.2 Å². The summed E-state index contributed by atoms with van der Waals surface area (Å²) in [5.41, 5.74) is 0.338. The maximum Gasteiger partial charge on any atom is 0.243 e. The number of ether oxygens (including phenoxy) is 1. The molecule has 120 valence electrons. The molecule has 0 fully saturated rings. The fourth-order valence-corrected chi connectivity index (χ4v) is 2.74. The summed E-state index contributed by atoms with van der Waals surface area (Å²) in [6.45, 7) is 4.66. The lowest BCUT2D eigenvalue weighted by Crippen LogP contribution is -2.28. The van der Waals surface area contributed by atoms with E-state index in [1.54, 1.807) is 0 Å². The number of nitrogens with one attached hydrogen (secondary N) is 1. The lowest BCUT2D eigenvalue weighted by atomic mass is 10.1. The molecule has 21 heavy (non-hydrogen) atoms. The van der Waals surface area contributed by atoms with Crippen LogP contribution in [0.1, 0.15) is 25.8 Å². The van der Waals surface area contributed by atoms with Gasteiger partial charge in [-0.3, -0.25) is 0 Å². The van der Waals surface area contributed by atoms with Crippen LogP contribution in [0.5, 0.6) is 0 Å². The monoisotopic (exact) mass is 319 g/mol. The van der Waals surface area contributed by atoms with Gasteiger partial charge in [-0.1, -0.05) is 19.9 Å². The molecule has 0 radical (unpaired) electrons. The van der Waals surface area contributed by atoms with Crippen LogP contribution in [0, 0.1) is 11.7 Å². The highest BCUT2D eigenvalue weighted by atomic mass is 32.2. The lowest BCUT2D eigenvalue weighted by Gasteiger charge is -2.10. The van der Waals surface area contributed by atoms with Crippen LogP contribution < -0.4 is 4.72 Å².